The Bertz CT molecular complexity index is 1170. The first-order valence-electron chi connectivity index (χ1n) is 12.1. The molecule has 1 spiro atoms. The summed E-state index contributed by atoms with van der Waals surface area (Å²) in [4.78, 5) is 24.6. The van der Waals surface area contributed by atoms with Gasteiger partial charge < -0.3 is 25.3 Å². The van der Waals surface area contributed by atoms with Gasteiger partial charge in [-0.15, -0.1) is 0 Å². The van der Waals surface area contributed by atoms with Crippen LogP contribution in [0.2, 0.25) is 0 Å². The van der Waals surface area contributed by atoms with Crippen LogP contribution in [0.5, 0.6) is 11.5 Å². The number of nitrogens with one attached hydrogen (secondary N) is 1. The lowest BCUT2D eigenvalue weighted by atomic mass is 9.60. The van der Waals surface area contributed by atoms with Crippen molar-refractivity contribution in [3.63, 3.8) is 0 Å². The number of primary amides is 1. The average Bonchev–Trinajstić information content (AvgIpc) is 3.49. The fourth-order valence-electron chi connectivity index (χ4n) is 6.05. The number of fused-ring (bicyclic) bond motifs is 1. The number of aromatic nitrogens is 2. The SMILES string of the molecule is NC(=O)c1ccc(N2CCC3(CC2)CC(N2CCCC2)C3)cc1Oc1cnc2[nH]ccc2c1. The largest absolute Gasteiger partial charge is 0.455 e. The number of pyridine rings is 1. The molecule has 7 nitrogen and oxygen atoms in total. The molecule has 3 N–H and O–H groups in total. The topological polar surface area (TPSA) is 87.5 Å². The van der Waals surface area contributed by atoms with Crippen molar-refractivity contribution < 1.29 is 9.53 Å². The minimum Gasteiger partial charge on any atom is -0.455 e. The number of likely N-dealkylation sites (tertiary alicyclic amines) is 1. The van der Waals surface area contributed by atoms with E-state index in [2.05, 4.69) is 19.8 Å². The minimum absolute atomic E-state index is 0.383. The summed E-state index contributed by atoms with van der Waals surface area (Å²) < 4.78 is 6.11. The van der Waals surface area contributed by atoms with E-state index in [9.17, 15) is 4.79 Å². The van der Waals surface area contributed by atoms with E-state index in [1.807, 2.05) is 30.5 Å². The van der Waals surface area contributed by atoms with E-state index in [1.165, 1.54) is 51.6 Å². The Balaban J connectivity index is 1.16. The molecule has 1 saturated carbocycles. The van der Waals surface area contributed by atoms with Gasteiger partial charge in [-0.05, 0) is 81.3 Å². The monoisotopic (exact) mass is 445 g/mol. The standard InChI is InChI=1S/C26H31N5O2/c27-24(32)22-4-3-19(14-23(22)33-21-13-18-5-8-28-25(18)29-17-21)31-11-6-26(7-12-31)15-20(16-26)30-9-1-2-10-30/h3-5,8,13-14,17,20H,1-2,6-7,9-12,15-16H2,(H2,27,32)(H,28,29). The number of hydrogen-bond acceptors (Lipinski definition) is 5. The maximum Gasteiger partial charge on any atom is 0.252 e. The molecule has 2 aromatic heterocycles. The third-order valence-corrected chi connectivity index (χ3v) is 8.02. The summed E-state index contributed by atoms with van der Waals surface area (Å²) in [5, 5.41) is 0.957. The summed E-state index contributed by atoms with van der Waals surface area (Å²) >= 11 is 0. The molecule has 2 saturated heterocycles. The first-order chi connectivity index (χ1) is 16.1. The summed E-state index contributed by atoms with van der Waals surface area (Å²) in [5.41, 5.74) is 8.44. The fourth-order valence-corrected chi connectivity index (χ4v) is 6.05. The number of hydrogen-bond donors (Lipinski definition) is 2. The number of carbonyl (C=O) groups excluding carboxylic acids is 1. The van der Waals surface area contributed by atoms with E-state index in [-0.39, 0.29) is 0 Å². The number of amides is 1. The Morgan fingerprint density at radius 3 is 2.64 bits per heavy atom. The highest BCUT2D eigenvalue weighted by atomic mass is 16.5. The van der Waals surface area contributed by atoms with E-state index in [1.54, 1.807) is 12.3 Å². The molecule has 1 aliphatic carbocycles. The maximum absolute atomic E-state index is 12.0. The van der Waals surface area contributed by atoms with Gasteiger partial charge in [-0.25, -0.2) is 4.98 Å². The van der Waals surface area contributed by atoms with Gasteiger partial charge in [0.05, 0.1) is 11.8 Å². The van der Waals surface area contributed by atoms with Crippen LogP contribution in [-0.4, -0.2) is 53.0 Å². The second-order valence-corrected chi connectivity index (χ2v) is 10.0. The van der Waals surface area contributed by atoms with Gasteiger partial charge in [0.25, 0.3) is 5.91 Å². The van der Waals surface area contributed by atoms with Gasteiger partial charge in [-0.3, -0.25) is 4.79 Å². The summed E-state index contributed by atoms with van der Waals surface area (Å²) in [6.45, 7) is 4.68. The van der Waals surface area contributed by atoms with Crippen LogP contribution < -0.4 is 15.4 Å². The van der Waals surface area contributed by atoms with Crippen LogP contribution in [-0.2, 0) is 0 Å². The van der Waals surface area contributed by atoms with Crippen LogP contribution in [0.1, 0.15) is 48.9 Å². The highest BCUT2D eigenvalue weighted by Gasteiger charge is 2.48. The number of rotatable bonds is 5. The average molecular weight is 446 g/mol. The molecule has 0 radical (unpaired) electrons. The zero-order valence-electron chi connectivity index (χ0n) is 18.9. The molecule has 3 fully saturated rings. The maximum atomic E-state index is 12.0. The highest BCUT2D eigenvalue weighted by molar-refractivity contribution is 5.96. The molecule has 0 unspecified atom stereocenters. The number of anilines is 1. The van der Waals surface area contributed by atoms with Crippen molar-refractivity contribution >= 4 is 22.6 Å². The van der Waals surface area contributed by atoms with Crippen molar-refractivity contribution in [2.24, 2.45) is 11.1 Å². The predicted molar refractivity (Wildman–Crippen MR) is 129 cm³/mol. The number of benzene rings is 1. The van der Waals surface area contributed by atoms with Crippen LogP contribution in [0.3, 0.4) is 0 Å². The Kier molecular flexibility index (Phi) is 5.02. The molecular weight excluding hydrogens is 414 g/mol. The van der Waals surface area contributed by atoms with E-state index in [4.69, 9.17) is 10.5 Å². The molecule has 0 atom stereocenters. The number of nitrogens with two attached hydrogens (primary N) is 1. The van der Waals surface area contributed by atoms with Gasteiger partial charge >= 0.3 is 0 Å². The van der Waals surface area contributed by atoms with Gasteiger partial charge in [0, 0.05) is 42.5 Å². The first kappa shape index (κ1) is 20.5. The lowest BCUT2D eigenvalue weighted by molar-refractivity contribution is -0.00645. The molecule has 0 bridgehead atoms. The fraction of sp³-hybridized carbons (Fsp3) is 0.462. The molecular formula is C26H31N5O2. The second kappa shape index (κ2) is 8.06. The van der Waals surface area contributed by atoms with E-state index < -0.39 is 5.91 Å². The molecule has 1 aromatic carbocycles. The smallest absolute Gasteiger partial charge is 0.252 e. The van der Waals surface area contributed by atoms with Crippen molar-refractivity contribution in [2.75, 3.05) is 31.1 Å². The van der Waals surface area contributed by atoms with E-state index in [0.29, 0.717) is 22.5 Å². The van der Waals surface area contributed by atoms with Gasteiger partial charge in [-0.2, -0.15) is 0 Å². The second-order valence-electron chi connectivity index (χ2n) is 10.0. The number of carbonyl (C=O) groups is 1. The number of H-pyrrole nitrogens is 1. The molecule has 2 aliphatic heterocycles. The lowest BCUT2D eigenvalue weighted by Gasteiger charge is -2.55. The molecule has 33 heavy (non-hydrogen) atoms. The third kappa shape index (κ3) is 3.84. The van der Waals surface area contributed by atoms with E-state index in [0.717, 1.165) is 35.9 Å². The molecule has 6 rings (SSSR count). The Morgan fingerprint density at radius 1 is 1.09 bits per heavy atom. The third-order valence-electron chi connectivity index (χ3n) is 8.02. The molecule has 3 aliphatic rings. The minimum atomic E-state index is -0.493. The molecule has 1 amide bonds. The van der Waals surface area contributed by atoms with Crippen LogP contribution in [0.4, 0.5) is 5.69 Å². The van der Waals surface area contributed by atoms with Crippen molar-refractivity contribution in [3.05, 3.63) is 48.3 Å². The van der Waals surface area contributed by atoms with E-state index >= 15 is 0 Å². The van der Waals surface area contributed by atoms with Crippen molar-refractivity contribution in [1.82, 2.24) is 14.9 Å². The van der Waals surface area contributed by atoms with Gasteiger partial charge in [0.1, 0.15) is 17.1 Å². The molecule has 7 heteroatoms. The first-order valence-corrected chi connectivity index (χ1v) is 12.1. The van der Waals surface area contributed by atoms with Gasteiger partial charge in [-0.1, -0.05) is 0 Å². The van der Waals surface area contributed by atoms with Gasteiger partial charge in [0.15, 0.2) is 0 Å². The summed E-state index contributed by atoms with van der Waals surface area (Å²) in [7, 11) is 0. The Hall–Kier alpha value is -3.06. The molecule has 3 aromatic rings. The number of nitrogens with zero attached hydrogens (tertiary/aromatic N) is 3. The van der Waals surface area contributed by atoms with Crippen molar-refractivity contribution in [1.29, 1.82) is 0 Å². The summed E-state index contributed by atoms with van der Waals surface area (Å²) in [6.07, 6.45) is 11.5. The Morgan fingerprint density at radius 2 is 1.88 bits per heavy atom. The summed E-state index contributed by atoms with van der Waals surface area (Å²) in [6, 6.07) is 10.4. The number of ether oxygens (including phenoxy) is 1. The van der Waals surface area contributed by atoms with Crippen molar-refractivity contribution in [2.45, 2.75) is 44.6 Å². The lowest BCUT2D eigenvalue weighted by Crippen LogP contribution is -2.54. The quantitative estimate of drug-likeness (QED) is 0.611. The van der Waals surface area contributed by atoms with Crippen molar-refractivity contribution in [3.8, 4) is 11.5 Å². The normalized spacial score (nSPS) is 20.9. The van der Waals surface area contributed by atoms with Crippen LogP contribution in [0, 0.1) is 5.41 Å². The van der Waals surface area contributed by atoms with Crippen LogP contribution in [0.15, 0.2) is 42.7 Å². The Labute approximate surface area is 193 Å². The predicted octanol–water partition coefficient (Wildman–Crippen LogP) is 4.30. The van der Waals surface area contributed by atoms with Crippen LogP contribution >= 0.6 is 0 Å². The van der Waals surface area contributed by atoms with Crippen LogP contribution in [0.25, 0.3) is 11.0 Å². The molecule has 172 valence electrons. The molecule has 4 heterocycles. The zero-order chi connectivity index (χ0) is 22.4. The van der Waals surface area contributed by atoms with Gasteiger partial charge in [0.2, 0.25) is 0 Å². The zero-order valence-corrected chi connectivity index (χ0v) is 18.9. The summed E-state index contributed by atoms with van der Waals surface area (Å²) in [5.74, 6) is 0.573. The highest BCUT2D eigenvalue weighted by Crippen LogP contribution is 2.52. The number of piperidine rings is 1. The number of aromatic amines is 1.